The Morgan fingerprint density at radius 1 is 1.05 bits per heavy atom. The number of carbonyl (C=O) groups is 1. The lowest BCUT2D eigenvalue weighted by Crippen LogP contribution is -2.24. The maximum Gasteiger partial charge on any atom is 0.345 e. The second-order valence-corrected chi connectivity index (χ2v) is 12.0. The molecule has 9 heteroatoms. The first kappa shape index (κ1) is 36.6. The van der Waals surface area contributed by atoms with Crippen molar-refractivity contribution in [3.63, 3.8) is 0 Å². The van der Waals surface area contributed by atoms with Crippen LogP contribution in [0.4, 0.5) is 8.78 Å². The Kier molecular flexibility index (Phi) is 14.5. The predicted octanol–water partition coefficient (Wildman–Crippen LogP) is 8.96. The summed E-state index contributed by atoms with van der Waals surface area (Å²) in [5.41, 5.74) is 7.49. The number of ketones is 1. The molecular weight excluding hydrogens is 567 g/mol. The van der Waals surface area contributed by atoms with Gasteiger partial charge in [-0.25, -0.2) is 9.97 Å². The number of alkyl halides is 2. The van der Waals surface area contributed by atoms with Crippen LogP contribution in [-0.4, -0.2) is 27.3 Å². The number of pyridine rings is 1. The molecule has 0 saturated carbocycles. The van der Waals surface area contributed by atoms with Crippen molar-refractivity contribution in [2.24, 2.45) is 17.8 Å². The van der Waals surface area contributed by atoms with Crippen molar-refractivity contribution in [2.75, 3.05) is 0 Å². The maximum atomic E-state index is 13.9. The molecule has 0 fully saturated rings. The molecule has 6 nitrogen and oxygen atoms in total. The van der Waals surface area contributed by atoms with Crippen molar-refractivity contribution >= 4 is 25.9 Å². The highest BCUT2D eigenvalue weighted by atomic mass is 31.0. The van der Waals surface area contributed by atoms with Gasteiger partial charge in [0.25, 0.3) is 0 Å². The summed E-state index contributed by atoms with van der Waals surface area (Å²) in [5, 5.41) is 0.790. The van der Waals surface area contributed by atoms with E-state index in [0.717, 1.165) is 65.3 Å². The van der Waals surface area contributed by atoms with Gasteiger partial charge in [-0.3, -0.25) is 4.79 Å². The third-order valence-corrected chi connectivity index (χ3v) is 8.40. The van der Waals surface area contributed by atoms with E-state index in [-0.39, 0.29) is 30.2 Å². The number of fused-ring (bicyclic) bond motifs is 1. The number of halogens is 2. The fourth-order valence-corrected chi connectivity index (χ4v) is 5.83. The highest BCUT2D eigenvalue weighted by molar-refractivity contribution is 7.28. The van der Waals surface area contributed by atoms with Crippen molar-refractivity contribution in [1.29, 1.82) is 0 Å². The molecular formula is C34H50F2N3O3P. The number of ether oxygens (including phenoxy) is 2. The summed E-state index contributed by atoms with van der Waals surface area (Å²) < 4.78 is 35.4. The van der Waals surface area contributed by atoms with Crippen LogP contribution in [0.2, 0.25) is 0 Å². The summed E-state index contributed by atoms with van der Waals surface area (Å²) in [6.45, 7) is 17.5. The maximum absolute atomic E-state index is 13.9. The van der Waals surface area contributed by atoms with Gasteiger partial charge in [-0.1, -0.05) is 70.2 Å². The van der Waals surface area contributed by atoms with Crippen LogP contribution < -0.4 is 10.0 Å². The lowest BCUT2D eigenvalue weighted by molar-refractivity contribution is -0.137. The first-order chi connectivity index (χ1) is 20.4. The number of hydrogen-bond donors (Lipinski definition) is 0. The SMILES string of the molecule is CC.CCC(C)C(=O)/C(C1=C(C(C)CC)c2c(cnc(Oc3ncc(COC(F)F)c(C)n3)c2P)CC1)=C(/C)CC(C)C. The Bertz CT molecular complexity index is 1320. The zero-order valence-corrected chi connectivity index (χ0v) is 28.8. The highest BCUT2D eigenvalue weighted by Crippen LogP contribution is 2.43. The first-order valence-electron chi connectivity index (χ1n) is 15.5. The van der Waals surface area contributed by atoms with Gasteiger partial charge in [0.1, 0.15) is 0 Å². The van der Waals surface area contributed by atoms with Crippen molar-refractivity contribution < 1.29 is 23.0 Å². The number of Topliss-reactive ketones (excluding diaryl/α,β-unsaturated/α-hetero) is 1. The van der Waals surface area contributed by atoms with Crippen molar-refractivity contribution in [3.8, 4) is 11.9 Å². The topological polar surface area (TPSA) is 74.2 Å². The molecule has 3 rings (SSSR count). The van der Waals surface area contributed by atoms with E-state index in [0.29, 0.717) is 23.1 Å². The van der Waals surface area contributed by atoms with Gasteiger partial charge in [-0.15, -0.1) is 0 Å². The molecule has 3 atom stereocenters. The van der Waals surface area contributed by atoms with E-state index in [1.54, 1.807) is 6.92 Å². The molecule has 0 aliphatic heterocycles. The Morgan fingerprint density at radius 2 is 1.72 bits per heavy atom. The zero-order chi connectivity index (χ0) is 32.4. The van der Waals surface area contributed by atoms with Gasteiger partial charge in [0, 0.05) is 34.8 Å². The van der Waals surface area contributed by atoms with E-state index >= 15 is 0 Å². The van der Waals surface area contributed by atoms with E-state index in [9.17, 15) is 13.6 Å². The van der Waals surface area contributed by atoms with Crippen LogP contribution in [0.3, 0.4) is 0 Å². The predicted molar refractivity (Wildman–Crippen MR) is 174 cm³/mol. The van der Waals surface area contributed by atoms with Crippen LogP contribution in [0.25, 0.3) is 5.57 Å². The van der Waals surface area contributed by atoms with Gasteiger partial charge in [-0.2, -0.15) is 13.8 Å². The molecule has 0 bridgehead atoms. The summed E-state index contributed by atoms with van der Waals surface area (Å²) in [6.07, 6.45) is 7.42. The van der Waals surface area contributed by atoms with Gasteiger partial charge in [-0.05, 0) is 80.1 Å². The van der Waals surface area contributed by atoms with Gasteiger partial charge >= 0.3 is 12.6 Å². The summed E-state index contributed by atoms with van der Waals surface area (Å²) in [7, 11) is 2.79. The fourth-order valence-electron chi connectivity index (χ4n) is 5.36. The van der Waals surface area contributed by atoms with Crippen molar-refractivity contribution in [1.82, 2.24) is 15.0 Å². The molecule has 43 heavy (non-hydrogen) atoms. The number of aromatic nitrogens is 3. The van der Waals surface area contributed by atoms with Gasteiger partial charge in [0.2, 0.25) is 5.88 Å². The van der Waals surface area contributed by atoms with Crippen LogP contribution in [0, 0.1) is 24.7 Å². The third kappa shape index (κ3) is 9.21. The molecule has 0 saturated heterocycles. The summed E-state index contributed by atoms with van der Waals surface area (Å²) in [6, 6.07) is 0.0739. The Balaban J connectivity index is 0.00000316. The molecule has 0 radical (unpaired) electrons. The molecule has 0 spiro atoms. The Labute approximate surface area is 259 Å². The van der Waals surface area contributed by atoms with Crippen LogP contribution in [-0.2, 0) is 22.6 Å². The normalized spacial score (nSPS) is 15.0. The van der Waals surface area contributed by atoms with E-state index in [4.69, 9.17) is 4.74 Å². The average Bonchev–Trinajstić information content (AvgIpc) is 2.97. The van der Waals surface area contributed by atoms with E-state index in [2.05, 4.69) is 70.5 Å². The number of carbonyl (C=O) groups excluding carboxylic acids is 1. The first-order valence-corrected chi connectivity index (χ1v) is 16.1. The van der Waals surface area contributed by atoms with Crippen LogP contribution >= 0.6 is 9.24 Å². The quantitative estimate of drug-likeness (QED) is 0.165. The van der Waals surface area contributed by atoms with Crippen LogP contribution in [0.1, 0.15) is 110 Å². The van der Waals surface area contributed by atoms with Crippen LogP contribution in [0.15, 0.2) is 29.1 Å². The lowest BCUT2D eigenvalue weighted by atomic mass is 9.74. The molecule has 0 aromatic carbocycles. The van der Waals surface area contributed by atoms with E-state index in [1.807, 2.05) is 27.0 Å². The van der Waals surface area contributed by atoms with Gasteiger partial charge in [0.15, 0.2) is 5.78 Å². The highest BCUT2D eigenvalue weighted by Gasteiger charge is 2.32. The van der Waals surface area contributed by atoms with Gasteiger partial charge < -0.3 is 9.47 Å². The van der Waals surface area contributed by atoms with Gasteiger partial charge in [0.05, 0.1) is 12.3 Å². The second kappa shape index (κ2) is 17.1. The zero-order valence-electron chi connectivity index (χ0n) is 27.6. The van der Waals surface area contributed by atoms with Crippen molar-refractivity contribution in [3.05, 3.63) is 51.5 Å². The van der Waals surface area contributed by atoms with E-state index < -0.39 is 6.61 Å². The number of aryl methyl sites for hydroxylation is 2. The summed E-state index contributed by atoms with van der Waals surface area (Å²) >= 11 is 0. The summed E-state index contributed by atoms with van der Waals surface area (Å²) in [4.78, 5) is 27.0. The largest absolute Gasteiger partial charge is 0.405 e. The average molecular weight is 618 g/mol. The number of rotatable bonds is 13. The lowest BCUT2D eigenvalue weighted by Gasteiger charge is -2.31. The minimum Gasteiger partial charge on any atom is -0.405 e. The third-order valence-electron chi connectivity index (χ3n) is 7.86. The van der Waals surface area contributed by atoms with Crippen LogP contribution in [0.5, 0.6) is 11.9 Å². The molecule has 1 aliphatic carbocycles. The molecule has 2 aromatic rings. The standard InChI is InChI=1S/C32H44F2N3O3P.C2H6/c1-9-18(5)25-24(26(20(7)13-17(3)4)28(38)19(6)10-2)12-11-22-14-35-30(29(41)27(22)25)40-32-36-15-23(21(8)37-32)16-39-31(33)34;1-2/h14-15,17-19,31H,9-13,16,41H2,1-8H3;1-2H3/b26-20-;. The van der Waals surface area contributed by atoms with Crippen molar-refractivity contribution in [2.45, 2.75) is 115 Å². The molecule has 2 aromatic heterocycles. The van der Waals surface area contributed by atoms with E-state index in [1.165, 1.54) is 11.8 Å². The number of hydrogen-bond acceptors (Lipinski definition) is 6. The molecule has 1 aliphatic rings. The second-order valence-electron chi connectivity index (χ2n) is 11.4. The summed E-state index contributed by atoms with van der Waals surface area (Å²) in [5.74, 6) is 1.17. The molecule has 3 unspecified atom stereocenters. The minimum atomic E-state index is -2.87. The monoisotopic (exact) mass is 617 g/mol. The minimum absolute atomic E-state index is 0.0551. The smallest absolute Gasteiger partial charge is 0.345 e. The molecule has 0 amide bonds. The Hall–Kier alpha value is -2.57. The number of nitrogens with zero attached hydrogens (tertiary/aromatic N) is 3. The molecule has 238 valence electrons. The molecule has 2 heterocycles. The Morgan fingerprint density at radius 3 is 2.28 bits per heavy atom. The molecule has 0 N–H and O–H groups in total. The number of allylic oxidation sites excluding steroid dienone is 4. The fraction of sp³-hybridized carbons (Fsp3) is 0.588.